The van der Waals surface area contributed by atoms with Crippen molar-refractivity contribution < 1.29 is 38.4 Å². The van der Waals surface area contributed by atoms with E-state index in [1.165, 1.54) is 50.2 Å². The molecule has 4 aromatic carbocycles. The standard InChI is InChI=1S/C36H36N2O10/c1-5-7-17-45-27-13-9-25(10-14-27)35(39)47-29-19-23(3)33(31(21-29)37(41)42)34-24(4)20-30(22-32(34)38(43)44)48-36(40)26-11-15-28(16-12-26)46-18-8-6-2/h9-16,19-22H,5-8,17-18H2,1-4H3. The summed E-state index contributed by atoms with van der Waals surface area (Å²) < 4.78 is 22.1. The van der Waals surface area contributed by atoms with Crippen LogP contribution in [0.15, 0.2) is 72.8 Å². The van der Waals surface area contributed by atoms with Crippen LogP contribution in [0.2, 0.25) is 0 Å². The van der Waals surface area contributed by atoms with Gasteiger partial charge < -0.3 is 18.9 Å². The number of nitro groups is 2. The van der Waals surface area contributed by atoms with Crippen LogP contribution in [0.3, 0.4) is 0 Å². The van der Waals surface area contributed by atoms with E-state index in [0.717, 1.165) is 37.8 Å². The number of hydrogen-bond donors (Lipinski definition) is 0. The zero-order chi connectivity index (χ0) is 34.8. The van der Waals surface area contributed by atoms with Crippen LogP contribution >= 0.6 is 0 Å². The summed E-state index contributed by atoms with van der Waals surface area (Å²) in [7, 11) is 0. The topological polar surface area (TPSA) is 157 Å². The second-order valence-corrected chi connectivity index (χ2v) is 11.0. The molecule has 0 saturated heterocycles. The number of carbonyl (C=O) groups is 2. The second kappa shape index (κ2) is 16.2. The molecule has 4 aromatic rings. The number of nitrogens with zero attached hydrogens (tertiary/aromatic N) is 2. The van der Waals surface area contributed by atoms with Gasteiger partial charge in [-0.05, 0) is 98.5 Å². The van der Waals surface area contributed by atoms with Crippen LogP contribution in [0.1, 0.15) is 71.4 Å². The molecule has 12 nitrogen and oxygen atoms in total. The molecule has 0 N–H and O–H groups in total. The third kappa shape index (κ3) is 8.72. The fraction of sp³-hybridized carbons (Fsp3) is 0.278. The normalized spacial score (nSPS) is 10.7. The molecule has 0 unspecified atom stereocenters. The third-order valence-corrected chi connectivity index (χ3v) is 7.35. The molecule has 0 radical (unpaired) electrons. The number of carbonyl (C=O) groups excluding carboxylic acids is 2. The van der Waals surface area contributed by atoms with Crippen LogP contribution in [0.5, 0.6) is 23.0 Å². The summed E-state index contributed by atoms with van der Waals surface area (Å²) in [6.07, 6.45) is 3.74. The maximum Gasteiger partial charge on any atom is 0.343 e. The molecule has 0 aliphatic carbocycles. The number of unbranched alkanes of at least 4 members (excludes halogenated alkanes) is 2. The van der Waals surface area contributed by atoms with Crippen LogP contribution in [0.4, 0.5) is 11.4 Å². The fourth-order valence-electron chi connectivity index (χ4n) is 4.90. The molecule has 0 aliphatic heterocycles. The summed E-state index contributed by atoms with van der Waals surface area (Å²) in [4.78, 5) is 48.8. The summed E-state index contributed by atoms with van der Waals surface area (Å²) in [5.41, 5.74) is -0.162. The largest absolute Gasteiger partial charge is 0.494 e. The average Bonchev–Trinajstić information content (AvgIpc) is 3.05. The van der Waals surface area contributed by atoms with Crippen molar-refractivity contribution in [3.05, 3.63) is 115 Å². The van der Waals surface area contributed by atoms with Crippen molar-refractivity contribution in [1.29, 1.82) is 0 Å². The van der Waals surface area contributed by atoms with E-state index < -0.39 is 33.2 Å². The van der Waals surface area contributed by atoms with E-state index in [1.807, 2.05) is 13.8 Å². The number of ether oxygens (including phenoxy) is 4. The number of benzene rings is 4. The van der Waals surface area contributed by atoms with Gasteiger partial charge in [0.1, 0.15) is 23.0 Å². The first-order valence-corrected chi connectivity index (χ1v) is 15.5. The smallest absolute Gasteiger partial charge is 0.343 e. The van der Waals surface area contributed by atoms with Gasteiger partial charge in [-0.15, -0.1) is 0 Å². The molecular formula is C36H36N2O10. The molecule has 0 heterocycles. The van der Waals surface area contributed by atoms with E-state index in [-0.39, 0.29) is 44.9 Å². The lowest BCUT2D eigenvalue weighted by molar-refractivity contribution is -0.386. The summed E-state index contributed by atoms with van der Waals surface area (Å²) in [5, 5.41) is 24.5. The summed E-state index contributed by atoms with van der Waals surface area (Å²) >= 11 is 0. The Balaban J connectivity index is 1.60. The Labute approximate surface area is 277 Å². The molecule has 48 heavy (non-hydrogen) atoms. The number of rotatable bonds is 15. The number of aryl methyl sites for hydroxylation is 2. The number of hydrogen-bond acceptors (Lipinski definition) is 10. The Hall–Kier alpha value is -5.78. The third-order valence-electron chi connectivity index (χ3n) is 7.35. The Morgan fingerprint density at radius 3 is 1.25 bits per heavy atom. The fourth-order valence-corrected chi connectivity index (χ4v) is 4.90. The molecule has 0 aliphatic rings. The van der Waals surface area contributed by atoms with Crippen LogP contribution < -0.4 is 18.9 Å². The quantitative estimate of drug-likeness (QED) is 0.0399. The molecule has 250 valence electrons. The minimum absolute atomic E-state index is 0.0332. The minimum atomic E-state index is -0.747. The number of nitro benzene ring substituents is 2. The highest BCUT2D eigenvalue weighted by Gasteiger charge is 2.30. The summed E-state index contributed by atoms with van der Waals surface area (Å²) in [6.45, 7) is 8.23. The maximum atomic E-state index is 12.9. The van der Waals surface area contributed by atoms with Crippen molar-refractivity contribution in [2.75, 3.05) is 13.2 Å². The Bertz CT molecular complexity index is 1670. The molecule has 0 bridgehead atoms. The minimum Gasteiger partial charge on any atom is -0.494 e. The summed E-state index contributed by atoms with van der Waals surface area (Å²) in [6, 6.07) is 17.5. The van der Waals surface area contributed by atoms with Gasteiger partial charge in [-0.1, -0.05) is 26.7 Å². The zero-order valence-electron chi connectivity index (χ0n) is 27.1. The van der Waals surface area contributed by atoms with Crippen LogP contribution in [0, 0.1) is 34.1 Å². The van der Waals surface area contributed by atoms with E-state index in [1.54, 1.807) is 24.3 Å². The van der Waals surface area contributed by atoms with Crippen LogP contribution in [-0.4, -0.2) is 35.0 Å². The van der Waals surface area contributed by atoms with Gasteiger partial charge >= 0.3 is 11.9 Å². The first-order chi connectivity index (χ1) is 23.0. The van der Waals surface area contributed by atoms with Gasteiger partial charge in [0.15, 0.2) is 0 Å². The second-order valence-electron chi connectivity index (χ2n) is 11.0. The van der Waals surface area contributed by atoms with Gasteiger partial charge in [-0.25, -0.2) is 9.59 Å². The van der Waals surface area contributed by atoms with Crippen molar-refractivity contribution >= 4 is 23.3 Å². The Kier molecular flexibility index (Phi) is 11.8. The first kappa shape index (κ1) is 35.1. The van der Waals surface area contributed by atoms with Gasteiger partial charge in [0.2, 0.25) is 0 Å². The highest BCUT2D eigenvalue weighted by Crippen LogP contribution is 2.44. The van der Waals surface area contributed by atoms with Crippen molar-refractivity contribution in [2.24, 2.45) is 0 Å². The average molecular weight is 657 g/mol. The predicted molar refractivity (Wildman–Crippen MR) is 178 cm³/mol. The van der Waals surface area contributed by atoms with Gasteiger partial charge in [-0.2, -0.15) is 0 Å². The maximum absolute atomic E-state index is 12.9. The Morgan fingerprint density at radius 1 is 0.583 bits per heavy atom. The highest BCUT2D eigenvalue weighted by atomic mass is 16.6. The summed E-state index contributed by atoms with van der Waals surface area (Å²) in [5.74, 6) is -0.522. The van der Waals surface area contributed by atoms with Gasteiger partial charge in [0.05, 0.1) is 57.4 Å². The number of esters is 2. The molecule has 0 amide bonds. The van der Waals surface area contributed by atoms with Crippen molar-refractivity contribution in [2.45, 2.75) is 53.4 Å². The molecule has 0 atom stereocenters. The van der Waals surface area contributed by atoms with Crippen molar-refractivity contribution in [1.82, 2.24) is 0 Å². The van der Waals surface area contributed by atoms with Crippen LogP contribution in [0.25, 0.3) is 11.1 Å². The molecule has 0 fully saturated rings. The zero-order valence-corrected chi connectivity index (χ0v) is 27.1. The monoisotopic (exact) mass is 656 g/mol. The molecule has 0 spiro atoms. The van der Waals surface area contributed by atoms with E-state index >= 15 is 0 Å². The van der Waals surface area contributed by atoms with E-state index in [4.69, 9.17) is 18.9 Å². The molecular weight excluding hydrogens is 620 g/mol. The van der Waals surface area contributed by atoms with E-state index in [0.29, 0.717) is 24.7 Å². The first-order valence-electron chi connectivity index (χ1n) is 15.5. The molecule has 4 rings (SSSR count). The molecule has 12 heteroatoms. The molecule has 0 saturated carbocycles. The SMILES string of the molecule is CCCCOc1ccc(C(=O)Oc2cc(C)c(-c3c(C)cc(OC(=O)c4ccc(OCCCC)cc4)cc3[N+](=O)[O-])c([N+](=O)[O-])c2)cc1. The van der Waals surface area contributed by atoms with E-state index in [2.05, 4.69) is 0 Å². The van der Waals surface area contributed by atoms with Gasteiger partial charge in [0, 0.05) is 0 Å². The highest BCUT2D eigenvalue weighted by molar-refractivity contribution is 5.93. The lowest BCUT2D eigenvalue weighted by atomic mass is 9.93. The van der Waals surface area contributed by atoms with E-state index in [9.17, 15) is 29.8 Å². The lowest BCUT2D eigenvalue weighted by Crippen LogP contribution is -2.10. The lowest BCUT2D eigenvalue weighted by Gasteiger charge is -2.14. The Morgan fingerprint density at radius 2 is 0.938 bits per heavy atom. The van der Waals surface area contributed by atoms with Crippen LogP contribution in [-0.2, 0) is 0 Å². The van der Waals surface area contributed by atoms with Crippen molar-refractivity contribution in [3.8, 4) is 34.1 Å². The van der Waals surface area contributed by atoms with Crippen molar-refractivity contribution in [3.63, 3.8) is 0 Å². The van der Waals surface area contributed by atoms with Gasteiger partial charge in [0.25, 0.3) is 11.4 Å². The predicted octanol–water partition coefficient (Wildman–Crippen LogP) is 8.58. The molecule has 0 aromatic heterocycles. The van der Waals surface area contributed by atoms with Gasteiger partial charge in [-0.3, -0.25) is 20.2 Å².